The van der Waals surface area contributed by atoms with Crippen molar-refractivity contribution >= 4 is 11.6 Å². The largest absolute Gasteiger partial charge is 0.494 e. The minimum atomic E-state index is -0.157. The van der Waals surface area contributed by atoms with Crippen molar-refractivity contribution in [1.82, 2.24) is 0 Å². The predicted molar refractivity (Wildman–Crippen MR) is 102 cm³/mol. The molecule has 1 N–H and O–H groups in total. The Hall–Kier alpha value is -2.49. The molecule has 0 aromatic heterocycles. The van der Waals surface area contributed by atoms with Crippen molar-refractivity contribution in [1.29, 1.82) is 0 Å². The fourth-order valence-corrected chi connectivity index (χ4v) is 2.20. The predicted octanol–water partition coefficient (Wildman–Crippen LogP) is 5.15. The first-order chi connectivity index (χ1) is 12.1. The van der Waals surface area contributed by atoms with E-state index in [2.05, 4.69) is 19.2 Å². The van der Waals surface area contributed by atoms with Gasteiger partial charge in [0.25, 0.3) is 5.91 Å². The van der Waals surface area contributed by atoms with Crippen LogP contribution in [0.2, 0.25) is 0 Å². The molecule has 134 valence electrons. The summed E-state index contributed by atoms with van der Waals surface area (Å²) in [6.07, 6.45) is 1.96. The Bertz CT molecular complexity index is 665. The molecule has 0 saturated carbocycles. The molecule has 0 radical (unpaired) electrons. The summed E-state index contributed by atoms with van der Waals surface area (Å²) in [6, 6.07) is 14.7. The van der Waals surface area contributed by atoms with E-state index in [1.807, 2.05) is 43.3 Å². The molecule has 2 aromatic rings. The van der Waals surface area contributed by atoms with Gasteiger partial charge in [-0.05, 0) is 61.2 Å². The standard InChI is InChI=1S/C21H27NO3/c1-4-13-24-20-7-5-6-17(15-20)21(23)22-18-8-10-19(11-9-18)25-14-12-16(2)3/h5-11,15-16H,4,12-14H2,1-3H3,(H,22,23). The lowest BCUT2D eigenvalue weighted by molar-refractivity contribution is 0.102. The van der Waals surface area contributed by atoms with Gasteiger partial charge >= 0.3 is 0 Å². The first-order valence-corrected chi connectivity index (χ1v) is 8.85. The van der Waals surface area contributed by atoms with Crippen LogP contribution in [0.15, 0.2) is 48.5 Å². The Morgan fingerprint density at radius 2 is 1.72 bits per heavy atom. The van der Waals surface area contributed by atoms with Crippen LogP contribution in [-0.4, -0.2) is 19.1 Å². The van der Waals surface area contributed by atoms with Crippen molar-refractivity contribution in [3.05, 3.63) is 54.1 Å². The number of amides is 1. The molecule has 0 fully saturated rings. The fraction of sp³-hybridized carbons (Fsp3) is 0.381. The topological polar surface area (TPSA) is 47.6 Å². The third-order valence-corrected chi connectivity index (χ3v) is 3.65. The van der Waals surface area contributed by atoms with Crippen molar-refractivity contribution in [2.75, 3.05) is 18.5 Å². The first kappa shape index (κ1) is 18.8. The molecule has 2 aromatic carbocycles. The molecule has 0 saturated heterocycles. The monoisotopic (exact) mass is 341 g/mol. The Morgan fingerprint density at radius 1 is 1.00 bits per heavy atom. The number of anilines is 1. The number of hydrogen-bond acceptors (Lipinski definition) is 3. The van der Waals surface area contributed by atoms with Gasteiger partial charge in [-0.25, -0.2) is 0 Å². The molecular formula is C21H27NO3. The summed E-state index contributed by atoms with van der Waals surface area (Å²) < 4.78 is 11.3. The second kappa shape index (κ2) is 9.72. The number of hydrogen-bond donors (Lipinski definition) is 1. The summed E-state index contributed by atoms with van der Waals surface area (Å²) in [5.74, 6) is 1.99. The Balaban J connectivity index is 1.91. The maximum atomic E-state index is 12.4. The van der Waals surface area contributed by atoms with Gasteiger partial charge in [0.2, 0.25) is 0 Å². The molecular weight excluding hydrogens is 314 g/mol. The van der Waals surface area contributed by atoms with Crippen molar-refractivity contribution in [3.63, 3.8) is 0 Å². The average molecular weight is 341 g/mol. The van der Waals surface area contributed by atoms with Crippen molar-refractivity contribution < 1.29 is 14.3 Å². The normalized spacial score (nSPS) is 10.6. The minimum absolute atomic E-state index is 0.157. The van der Waals surface area contributed by atoms with Crippen LogP contribution in [0.1, 0.15) is 44.0 Å². The van der Waals surface area contributed by atoms with E-state index in [-0.39, 0.29) is 5.91 Å². The SMILES string of the molecule is CCCOc1cccc(C(=O)Nc2ccc(OCCC(C)C)cc2)c1. The number of nitrogens with one attached hydrogen (secondary N) is 1. The van der Waals surface area contributed by atoms with Gasteiger partial charge in [-0.2, -0.15) is 0 Å². The Labute approximate surface area is 150 Å². The molecule has 0 heterocycles. The van der Waals surface area contributed by atoms with Gasteiger partial charge in [0.05, 0.1) is 13.2 Å². The highest BCUT2D eigenvalue weighted by atomic mass is 16.5. The number of carbonyl (C=O) groups excluding carboxylic acids is 1. The molecule has 0 aliphatic rings. The second-order valence-electron chi connectivity index (χ2n) is 6.39. The quantitative estimate of drug-likeness (QED) is 0.686. The van der Waals surface area contributed by atoms with Gasteiger partial charge in [0.15, 0.2) is 0 Å². The molecule has 0 aliphatic heterocycles. The van der Waals surface area contributed by atoms with E-state index in [4.69, 9.17) is 9.47 Å². The van der Waals surface area contributed by atoms with E-state index in [0.29, 0.717) is 30.4 Å². The van der Waals surface area contributed by atoms with Gasteiger partial charge < -0.3 is 14.8 Å². The first-order valence-electron chi connectivity index (χ1n) is 8.85. The van der Waals surface area contributed by atoms with Crippen LogP contribution in [-0.2, 0) is 0 Å². The number of carbonyl (C=O) groups is 1. The second-order valence-corrected chi connectivity index (χ2v) is 6.39. The number of benzene rings is 2. The Kier molecular flexibility index (Phi) is 7.33. The highest BCUT2D eigenvalue weighted by Gasteiger charge is 2.07. The fourth-order valence-electron chi connectivity index (χ4n) is 2.20. The zero-order valence-corrected chi connectivity index (χ0v) is 15.2. The van der Waals surface area contributed by atoms with E-state index in [1.165, 1.54) is 0 Å². The molecule has 25 heavy (non-hydrogen) atoms. The van der Waals surface area contributed by atoms with Gasteiger partial charge in [0.1, 0.15) is 11.5 Å². The van der Waals surface area contributed by atoms with Crippen molar-refractivity contribution in [3.8, 4) is 11.5 Å². The summed E-state index contributed by atoms with van der Waals surface area (Å²) in [5, 5.41) is 2.89. The van der Waals surface area contributed by atoms with Crippen LogP contribution in [0.4, 0.5) is 5.69 Å². The number of rotatable bonds is 9. The minimum Gasteiger partial charge on any atom is -0.494 e. The molecule has 0 bridgehead atoms. The maximum Gasteiger partial charge on any atom is 0.255 e. The van der Waals surface area contributed by atoms with E-state index in [9.17, 15) is 4.79 Å². The van der Waals surface area contributed by atoms with Gasteiger partial charge in [-0.1, -0.05) is 26.8 Å². The van der Waals surface area contributed by atoms with Crippen LogP contribution in [0.3, 0.4) is 0 Å². The van der Waals surface area contributed by atoms with Gasteiger partial charge in [-0.15, -0.1) is 0 Å². The lowest BCUT2D eigenvalue weighted by Crippen LogP contribution is -2.12. The third kappa shape index (κ3) is 6.49. The van der Waals surface area contributed by atoms with Crippen LogP contribution in [0, 0.1) is 5.92 Å². The summed E-state index contributed by atoms with van der Waals surface area (Å²) in [6.45, 7) is 7.73. The summed E-state index contributed by atoms with van der Waals surface area (Å²) >= 11 is 0. The highest BCUT2D eigenvalue weighted by Crippen LogP contribution is 2.19. The van der Waals surface area contributed by atoms with Crippen LogP contribution < -0.4 is 14.8 Å². The maximum absolute atomic E-state index is 12.4. The lowest BCUT2D eigenvalue weighted by Gasteiger charge is -2.10. The van der Waals surface area contributed by atoms with Gasteiger partial charge in [0, 0.05) is 11.3 Å². The van der Waals surface area contributed by atoms with E-state index < -0.39 is 0 Å². The van der Waals surface area contributed by atoms with Crippen LogP contribution in [0.25, 0.3) is 0 Å². The lowest BCUT2D eigenvalue weighted by atomic mass is 10.1. The molecule has 4 heteroatoms. The van der Waals surface area contributed by atoms with Crippen molar-refractivity contribution in [2.45, 2.75) is 33.6 Å². The summed E-state index contributed by atoms with van der Waals surface area (Å²) in [7, 11) is 0. The van der Waals surface area contributed by atoms with E-state index >= 15 is 0 Å². The van der Waals surface area contributed by atoms with Crippen LogP contribution >= 0.6 is 0 Å². The molecule has 4 nitrogen and oxygen atoms in total. The average Bonchev–Trinajstić information content (AvgIpc) is 2.61. The van der Waals surface area contributed by atoms with Crippen LogP contribution in [0.5, 0.6) is 11.5 Å². The molecule has 0 unspecified atom stereocenters. The van der Waals surface area contributed by atoms with Gasteiger partial charge in [-0.3, -0.25) is 4.79 Å². The zero-order chi connectivity index (χ0) is 18.1. The molecule has 2 rings (SSSR count). The summed E-state index contributed by atoms with van der Waals surface area (Å²) in [4.78, 5) is 12.4. The molecule has 0 spiro atoms. The van der Waals surface area contributed by atoms with Crippen molar-refractivity contribution in [2.24, 2.45) is 5.92 Å². The Morgan fingerprint density at radius 3 is 2.40 bits per heavy atom. The zero-order valence-electron chi connectivity index (χ0n) is 15.2. The number of ether oxygens (including phenoxy) is 2. The molecule has 1 amide bonds. The molecule has 0 aliphatic carbocycles. The third-order valence-electron chi connectivity index (χ3n) is 3.65. The smallest absolute Gasteiger partial charge is 0.255 e. The summed E-state index contributed by atoms with van der Waals surface area (Å²) in [5.41, 5.74) is 1.31. The molecule has 0 atom stereocenters. The highest BCUT2D eigenvalue weighted by molar-refractivity contribution is 6.04. The van der Waals surface area contributed by atoms with E-state index in [1.54, 1.807) is 12.1 Å². The van der Waals surface area contributed by atoms with E-state index in [0.717, 1.165) is 24.3 Å².